The number of nitrogens with zero attached hydrogens (tertiary/aromatic N) is 3. The Hall–Kier alpha value is -2.12. The second kappa shape index (κ2) is 5.48. The maximum absolute atomic E-state index is 11.5. The Morgan fingerprint density at radius 1 is 1.22 bits per heavy atom. The van der Waals surface area contributed by atoms with Gasteiger partial charge in [0.15, 0.2) is 0 Å². The van der Waals surface area contributed by atoms with E-state index < -0.39 is 0 Å². The molecule has 0 aliphatic heterocycles. The number of carbonyl (C=O) groups is 1. The quantitative estimate of drug-likeness (QED) is 0.710. The largest absolute Gasteiger partial charge is 0.467 e. The first-order valence-electron chi connectivity index (χ1n) is 5.58. The summed E-state index contributed by atoms with van der Waals surface area (Å²) in [7, 11) is 2.89. The molecule has 0 unspecified atom stereocenters. The molecule has 18 heavy (non-hydrogen) atoms. The van der Waals surface area contributed by atoms with Crippen molar-refractivity contribution >= 4 is 11.9 Å². The van der Waals surface area contributed by atoms with E-state index in [1.165, 1.54) is 14.2 Å². The van der Waals surface area contributed by atoms with Gasteiger partial charge in [-0.05, 0) is 12.8 Å². The molecular formula is C10H15N5O3. The molecule has 0 aromatic carbocycles. The minimum atomic E-state index is -0.0872. The Balaban J connectivity index is 1.92. The first-order chi connectivity index (χ1) is 8.71. The van der Waals surface area contributed by atoms with Crippen molar-refractivity contribution in [2.24, 2.45) is 0 Å². The van der Waals surface area contributed by atoms with E-state index in [-0.39, 0.29) is 30.4 Å². The molecular weight excluding hydrogens is 238 g/mol. The van der Waals surface area contributed by atoms with Crippen molar-refractivity contribution in [2.75, 3.05) is 26.1 Å². The minimum absolute atomic E-state index is 0.0872. The highest BCUT2D eigenvalue weighted by Gasteiger charge is 2.23. The van der Waals surface area contributed by atoms with Crippen molar-refractivity contribution < 1.29 is 14.3 Å². The summed E-state index contributed by atoms with van der Waals surface area (Å²) in [6, 6.07) is 0.598. The van der Waals surface area contributed by atoms with Gasteiger partial charge in [0.2, 0.25) is 11.9 Å². The van der Waals surface area contributed by atoms with Crippen LogP contribution >= 0.6 is 0 Å². The lowest BCUT2D eigenvalue weighted by atomic mass is 10.5. The topological polar surface area (TPSA) is 98.3 Å². The minimum Gasteiger partial charge on any atom is -0.467 e. The molecule has 2 N–H and O–H groups in total. The standard InChI is InChI=1S/C10H15N5O3/c1-17-9-13-8(14-10(15-9)18-2)11-5-7(16)12-6-3-4-6/h6H,3-5H2,1-2H3,(H,12,16)(H,11,13,14,15). The molecule has 1 heterocycles. The van der Waals surface area contributed by atoms with E-state index in [0.29, 0.717) is 6.04 Å². The highest BCUT2D eigenvalue weighted by Crippen LogP contribution is 2.18. The fourth-order valence-electron chi connectivity index (χ4n) is 1.27. The van der Waals surface area contributed by atoms with Crippen LogP contribution in [0.3, 0.4) is 0 Å². The number of aromatic nitrogens is 3. The maximum atomic E-state index is 11.5. The molecule has 0 saturated heterocycles. The van der Waals surface area contributed by atoms with Gasteiger partial charge in [-0.3, -0.25) is 4.79 Å². The second-order valence-electron chi connectivity index (χ2n) is 3.83. The molecule has 0 atom stereocenters. The number of nitrogens with one attached hydrogen (secondary N) is 2. The first-order valence-corrected chi connectivity index (χ1v) is 5.58. The first kappa shape index (κ1) is 12.3. The van der Waals surface area contributed by atoms with Crippen LogP contribution in [0.15, 0.2) is 0 Å². The smallest absolute Gasteiger partial charge is 0.324 e. The van der Waals surface area contributed by atoms with Crippen LogP contribution in [0.5, 0.6) is 12.0 Å². The van der Waals surface area contributed by atoms with Gasteiger partial charge < -0.3 is 20.1 Å². The molecule has 98 valence electrons. The van der Waals surface area contributed by atoms with Crippen LogP contribution < -0.4 is 20.1 Å². The van der Waals surface area contributed by atoms with Gasteiger partial charge in [0.05, 0.1) is 20.8 Å². The zero-order valence-electron chi connectivity index (χ0n) is 10.3. The number of hydrogen-bond donors (Lipinski definition) is 2. The average Bonchev–Trinajstić information content (AvgIpc) is 3.19. The van der Waals surface area contributed by atoms with Gasteiger partial charge in [-0.15, -0.1) is 4.98 Å². The van der Waals surface area contributed by atoms with E-state index in [2.05, 4.69) is 25.6 Å². The van der Waals surface area contributed by atoms with Crippen molar-refractivity contribution in [2.45, 2.75) is 18.9 Å². The van der Waals surface area contributed by atoms with Crippen LogP contribution in [0.4, 0.5) is 5.95 Å². The molecule has 1 aliphatic rings. The summed E-state index contributed by atoms with van der Waals surface area (Å²) in [6.45, 7) is 0.104. The van der Waals surface area contributed by atoms with Crippen LogP contribution in [0.25, 0.3) is 0 Å². The molecule has 1 aromatic rings. The molecule has 8 nitrogen and oxygen atoms in total. The third-order valence-corrected chi connectivity index (χ3v) is 2.31. The maximum Gasteiger partial charge on any atom is 0.324 e. The molecule has 8 heteroatoms. The molecule has 0 bridgehead atoms. The predicted molar refractivity (Wildman–Crippen MR) is 62.6 cm³/mol. The van der Waals surface area contributed by atoms with Gasteiger partial charge in [0.25, 0.3) is 0 Å². The Bertz CT molecular complexity index is 413. The van der Waals surface area contributed by atoms with Gasteiger partial charge >= 0.3 is 12.0 Å². The lowest BCUT2D eigenvalue weighted by Crippen LogP contribution is -2.31. The van der Waals surface area contributed by atoms with Gasteiger partial charge in [0.1, 0.15) is 0 Å². The number of ether oxygens (including phenoxy) is 2. The number of carbonyl (C=O) groups excluding carboxylic acids is 1. The van der Waals surface area contributed by atoms with Crippen LogP contribution in [-0.4, -0.2) is 47.7 Å². The van der Waals surface area contributed by atoms with Crippen LogP contribution in [0, 0.1) is 0 Å². The molecule has 0 radical (unpaired) electrons. The summed E-state index contributed by atoms with van der Waals surface area (Å²) in [6.07, 6.45) is 2.11. The molecule has 1 fully saturated rings. The van der Waals surface area contributed by atoms with Gasteiger partial charge in [-0.2, -0.15) is 9.97 Å². The fraction of sp³-hybridized carbons (Fsp3) is 0.600. The number of rotatable bonds is 6. The van der Waals surface area contributed by atoms with Gasteiger partial charge in [0, 0.05) is 6.04 Å². The molecule has 0 spiro atoms. The Kier molecular flexibility index (Phi) is 3.75. The van der Waals surface area contributed by atoms with Crippen molar-refractivity contribution in [3.05, 3.63) is 0 Å². The third kappa shape index (κ3) is 3.44. The van der Waals surface area contributed by atoms with E-state index in [0.717, 1.165) is 12.8 Å². The normalized spacial score (nSPS) is 13.9. The average molecular weight is 253 g/mol. The molecule has 1 aliphatic carbocycles. The van der Waals surface area contributed by atoms with Crippen molar-refractivity contribution in [1.82, 2.24) is 20.3 Å². The zero-order valence-corrected chi connectivity index (χ0v) is 10.3. The van der Waals surface area contributed by atoms with Crippen LogP contribution in [-0.2, 0) is 4.79 Å². The summed E-state index contributed by atoms with van der Waals surface area (Å²) in [5.41, 5.74) is 0. The number of amides is 1. The summed E-state index contributed by atoms with van der Waals surface area (Å²) in [4.78, 5) is 23.2. The SMILES string of the molecule is COc1nc(NCC(=O)NC2CC2)nc(OC)n1. The van der Waals surface area contributed by atoms with E-state index in [1.807, 2.05) is 0 Å². The lowest BCUT2D eigenvalue weighted by molar-refractivity contribution is -0.119. The Morgan fingerprint density at radius 3 is 2.33 bits per heavy atom. The van der Waals surface area contributed by atoms with E-state index in [4.69, 9.17) is 9.47 Å². The van der Waals surface area contributed by atoms with Crippen molar-refractivity contribution in [3.63, 3.8) is 0 Å². The second-order valence-corrected chi connectivity index (χ2v) is 3.83. The number of hydrogen-bond acceptors (Lipinski definition) is 7. The fourth-order valence-corrected chi connectivity index (χ4v) is 1.27. The molecule has 1 saturated carbocycles. The summed E-state index contributed by atoms with van der Waals surface area (Å²) in [5.74, 6) is 0.153. The number of anilines is 1. The highest BCUT2D eigenvalue weighted by molar-refractivity contribution is 5.80. The van der Waals surface area contributed by atoms with E-state index in [9.17, 15) is 4.79 Å². The zero-order chi connectivity index (χ0) is 13.0. The number of methoxy groups -OCH3 is 2. The summed E-state index contributed by atoms with van der Waals surface area (Å²) >= 11 is 0. The van der Waals surface area contributed by atoms with Gasteiger partial charge in [-0.1, -0.05) is 0 Å². The molecule has 1 amide bonds. The van der Waals surface area contributed by atoms with E-state index >= 15 is 0 Å². The monoisotopic (exact) mass is 253 g/mol. The Morgan fingerprint density at radius 2 is 1.83 bits per heavy atom. The van der Waals surface area contributed by atoms with Crippen LogP contribution in [0.2, 0.25) is 0 Å². The van der Waals surface area contributed by atoms with Gasteiger partial charge in [-0.25, -0.2) is 0 Å². The molecule has 1 aromatic heterocycles. The predicted octanol–water partition coefficient (Wildman–Crippen LogP) is -0.421. The Labute approximate surface area is 104 Å². The van der Waals surface area contributed by atoms with E-state index in [1.54, 1.807) is 0 Å². The van der Waals surface area contributed by atoms with Crippen LogP contribution in [0.1, 0.15) is 12.8 Å². The summed E-state index contributed by atoms with van der Waals surface area (Å²) < 4.78 is 9.79. The summed E-state index contributed by atoms with van der Waals surface area (Å²) in [5, 5.41) is 5.64. The lowest BCUT2D eigenvalue weighted by Gasteiger charge is -2.07. The third-order valence-electron chi connectivity index (χ3n) is 2.31. The van der Waals surface area contributed by atoms with Crippen molar-refractivity contribution in [1.29, 1.82) is 0 Å². The molecule has 2 rings (SSSR count). The highest BCUT2D eigenvalue weighted by atomic mass is 16.5. The van der Waals surface area contributed by atoms with Crippen molar-refractivity contribution in [3.8, 4) is 12.0 Å².